The molecule has 1 atom stereocenters. The van der Waals surface area contributed by atoms with Crippen molar-refractivity contribution in [3.05, 3.63) is 84.1 Å². The Hall–Kier alpha value is -3.67. The average molecular weight is 344 g/mol. The molecule has 6 heteroatoms. The van der Waals surface area contributed by atoms with Crippen molar-refractivity contribution in [3.8, 4) is 0 Å². The van der Waals surface area contributed by atoms with Crippen LogP contribution in [0.2, 0.25) is 0 Å². The van der Waals surface area contributed by atoms with Crippen molar-refractivity contribution in [1.29, 1.82) is 0 Å². The molecule has 3 N–H and O–H groups in total. The first-order valence-electron chi connectivity index (χ1n) is 8.34. The fourth-order valence-electron chi connectivity index (χ4n) is 3.41. The van der Waals surface area contributed by atoms with E-state index in [9.17, 15) is 4.79 Å². The molecule has 6 nitrogen and oxygen atoms in total. The van der Waals surface area contributed by atoms with Gasteiger partial charge >= 0.3 is 5.97 Å². The molecule has 0 amide bonds. The summed E-state index contributed by atoms with van der Waals surface area (Å²) in [5, 5.41) is 4.32. The molecule has 0 radical (unpaired) electrons. The number of hydrogen-bond acceptors (Lipinski definition) is 5. The highest BCUT2D eigenvalue weighted by molar-refractivity contribution is 5.89. The number of H-pyrrole nitrogens is 1. The van der Waals surface area contributed by atoms with Gasteiger partial charge in [0.05, 0.1) is 11.4 Å². The normalized spacial score (nSPS) is 19.2. The van der Waals surface area contributed by atoms with Crippen LogP contribution < -0.4 is 10.9 Å². The summed E-state index contributed by atoms with van der Waals surface area (Å²) in [4.78, 5) is 21.3. The zero-order valence-corrected chi connectivity index (χ0v) is 13.8. The van der Waals surface area contributed by atoms with Crippen molar-refractivity contribution in [2.45, 2.75) is 6.04 Å². The lowest BCUT2D eigenvalue weighted by Crippen LogP contribution is -2.42. The molecule has 26 heavy (non-hydrogen) atoms. The van der Waals surface area contributed by atoms with Crippen LogP contribution in [0.1, 0.15) is 5.56 Å². The quantitative estimate of drug-likeness (QED) is 0.748. The van der Waals surface area contributed by atoms with E-state index in [1.807, 2.05) is 60.7 Å². The Bertz CT molecular complexity index is 1030. The molecular weight excluding hydrogens is 328 g/mol. The van der Waals surface area contributed by atoms with Crippen LogP contribution in [-0.4, -0.2) is 22.0 Å². The van der Waals surface area contributed by atoms with E-state index in [0.29, 0.717) is 11.5 Å². The monoisotopic (exact) mass is 344 g/mol. The van der Waals surface area contributed by atoms with E-state index in [-0.39, 0.29) is 5.97 Å². The summed E-state index contributed by atoms with van der Waals surface area (Å²) in [5.74, 6) is 0.319. The smallest absolute Gasteiger partial charge is 0.363 e. The standard InChI is InChI=1S/C20H16N4O2/c21-15-10-11-17-20(25)26-24(18-12-14-8-4-5-9-16(14)22-18)23(17)19(15)13-6-2-1-3-7-13/h1-12,17,22H,21H2. The zero-order valence-electron chi connectivity index (χ0n) is 13.8. The van der Waals surface area contributed by atoms with E-state index in [1.54, 1.807) is 17.2 Å². The molecule has 2 aromatic carbocycles. The largest absolute Gasteiger partial charge is 0.397 e. The SMILES string of the molecule is NC1=C(c2ccccc2)N2C(C=C1)C(=O)ON2c1cc2ccccc2[nH]1. The van der Waals surface area contributed by atoms with Crippen LogP contribution in [0.4, 0.5) is 5.82 Å². The van der Waals surface area contributed by atoms with Gasteiger partial charge < -0.3 is 15.6 Å². The second-order valence-corrected chi connectivity index (χ2v) is 6.24. The van der Waals surface area contributed by atoms with Gasteiger partial charge in [-0.3, -0.25) is 0 Å². The highest BCUT2D eigenvalue weighted by Crippen LogP contribution is 2.37. The molecule has 1 unspecified atom stereocenters. The Labute approximate surface area is 149 Å². The first kappa shape index (κ1) is 14.7. The minimum atomic E-state index is -0.552. The number of nitrogens with zero attached hydrogens (tertiary/aromatic N) is 2. The fraction of sp³-hybridized carbons (Fsp3) is 0.0500. The predicted octanol–water partition coefficient (Wildman–Crippen LogP) is 2.93. The molecule has 2 aliphatic rings. The van der Waals surface area contributed by atoms with Gasteiger partial charge in [0.2, 0.25) is 0 Å². The summed E-state index contributed by atoms with van der Waals surface area (Å²) in [5.41, 5.74) is 9.47. The minimum absolute atomic E-state index is 0.346. The zero-order chi connectivity index (χ0) is 17.7. The van der Waals surface area contributed by atoms with Gasteiger partial charge in [0, 0.05) is 16.5 Å². The van der Waals surface area contributed by atoms with Crippen LogP contribution in [0.15, 0.2) is 78.5 Å². The predicted molar refractivity (Wildman–Crippen MR) is 99.2 cm³/mol. The average Bonchev–Trinajstić information content (AvgIpc) is 3.23. The maximum Gasteiger partial charge on any atom is 0.363 e. The number of carbonyl (C=O) groups excluding carboxylic acids is 1. The van der Waals surface area contributed by atoms with E-state index >= 15 is 0 Å². The van der Waals surface area contributed by atoms with Gasteiger partial charge in [0.15, 0.2) is 11.9 Å². The number of hydrazine groups is 1. The van der Waals surface area contributed by atoms with Crippen LogP contribution in [0.5, 0.6) is 0 Å². The molecule has 1 aromatic heterocycles. The summed E-state index contributed by atoms with van der Waals surface area (Å²) in [6, 6.07) is 19.0. The molecule has 1 fully saturated rings. The Balaban J connectivity index is 1.65. The lowest BCUT2D eigenvalue weighted by atomic mass is 10.0. The number of rotatable bonds is 2. The first-order valence-corrected chi connectivity index (χ1v) is 8.34. The van der Waals surface area contributed by atoms with Gasteiger partial charge in [-0.2, -0.15) is 0 Å². The molecule has 5 rings (SSSR count). The van der Waals surface area contributed by atoms with Crippen LogP contribution >= 0.6 is 0 Å². The maximum absolute atomic E-state index is 12.5. The van der Waals surface area contributed by atoms with Gasteiger partial charge in [0.25, 0.3) is 0 Å². The van der Waals surface area contributed by atoms with Crippen LogP contribution in [0, 0.1) is 0 Å². The Morgan fingerprint density at radius 2 is 1.81 bits per heavy atom. The number of fused-ring (bicyclic) bond motifs is 2. The molecule has 1 saturated heterocycles. The molecule has 0 saturated carbocycles. The molecule has 0 aliphatic carbocycles. The number of benzene rings is 2. The van der Waals surface area contributed by atoms with Gasteiger partial charge in [0.1, 0.15) is 0 Å². The lowest BCUT2D eigenvalue weighted by Gasteiger charge is -2.33. The second kappa shape index (κ2) is 5.42. The van der Waals surface area contributed by atoms with Gasteiger partial charge in [-0.15, -0.1) is 0 Å². The number of nitrogens with one attached hydrogen (secondary N) is 1. The summed E-state index contributed by atoms with van der Waals surface area (Å²) < 4.78 is 0. The summed E-state index contributed by atoms with van der Waals surface area (Å²) in [7, 11) is 0. The Kier molecular flexibility index (Phi) is 3.05. The molecule has 128 valence electrons. The van der Waals surface area contributed by atoms with E-state index in [2.05, 4.69) is 4.98 Å². The van der Waals surface area contributed by atoms with Gasteiger partial charge in [-0.1, -0.05) is 53.7 Å². The molecular formula is C20H16N4O2. The van der Waals surface area contributed by atoms with Crippen molar-refractivity contribution >= 4 is 28.4 Å². The maximum atomic E-state index is 12.5. The van der Waals surface area contributed by atoms with Crippen molar-refractivity contribution in [2.24, 2.45) is 5.73 Å². The van der Waals surface area contributed by atoms with Crippen LogP contribution in [0.25, 0.3) is 16.6 Å². The number of para-hydroxylation sites is 1. The Morgan fingerprint density at radius 3 is 2.62 bits per heavy atom. The van der Waals surface area contributed by atoms with E-state index < -0.39 is 6.04 Å². The van der Waals surface area contributed by atoms with Crippen molar-refractivity contribution in [3.63, 3.8) is 0 Å². The molecule has 3 aromatic rings. The van der Waals surface area contributed by atoms with Crippen molar-refractivity contribution < 1.29 is 9.63 Å². The third kappa shape index (κ3) is 2.09. The summed E-state index contributed by atoms with van der Waals surface area (Å²) >= 11 is 0. The highest BCUT2D eigenvalue weighted by atomic mass is 16.8. The molecule has 0 spiro atoms. The lowest BCUT2D eigenvalue weighted by molar-refractivity contribution is -0.139. The van der Waals surface area contributed by atoms with Crippen molar-refractivity contribution in [2.75, 3.05) is 5.17 Å². The number of allylic oxidation sites excluding steroid dienone is 1. The molecule has 0 bridgehead atoms. The molecule has 3 heterocycles. The van der Waals surface area contributed by atoms with E-state index in [4.69, 9.17) is 10.6 Å². The van der Waals surface area contributed by atoms with E-state index in [1.165, 1.54) is 5.17 Å². The minimum Gasteiger partial charge on any atom is -0.397 e. The van der Waals surface area contributed by atoms with Crippen molar-refractivity contribution in [1.82, 2.24) is 9.99 Å². The van der Waals surface area contributed by atoms with Crippen LogP contribution in [-0.2, 0) is 9.63 Å². The summed E-state index contributed by atoms with van der Waals surface area (Å²) in [6.07, 6.45) is 3.52. The third-order valence-electron chi connectivity index (χ3n) is 4.61. The number of carbonyl (C=O) groups is 1. The number of anilines is 1. The molecule has 2 aliphatic heterocycles. The fourth-order valence-corrected chi connectivity index (χ4v) is 3.41. The Morgan fingerprint density at radius 1 is 1.04 bits per heavy atom. The third-order valence-corrected chi connectivity index (χ3v) is 4.61. The van der Waals surface area contributed by atoms with Gasteiger partial charge in [-0.25, -0.2) is 9.80 Å². The van der Waals surface area contributed by atoms with Crippen LogP contribution in [0.3, 0.4) is 0 Å². The van der Waals surface area contributed by atoms with Gasteiger partial charge in [-0.05, 0) is 24.3 Å². The number of aromatic nitrogens is 1. The number of nitrogens with two attached hydrogens (primary N) is 1. The summed E-state index contributed by atoms with van der Waals surface area (Å²) in [6.45, 7) is 0. The van der Waals surface area contributed by atoms with E-state index in [0.717, 1.165) is 22.2 Å². The highest BCUT2D eigenvalue weighted by Gasteiger charge is 2.44. The first-order chi connectivity index (χ1) is 12.7. The topological polar surface area (TPSA) is 74.6 Å². The second-order valence-electron chi connectivity index (χ2n) is 6.24. The number of hydrogen-bond donors (Lipinski definition) is 2. The number of aromatic amines is 1.